The zero-order valence-electron chi connectivity index (χ0n) is 36.1. The fraction of sp³-hybridized carbons (Fsp3) is 0.696. The molecule has 0 fully saturated rings. The summed E-state index contributed by atoms with van der Waals surface area (Å²) in [5.41, 5.74) is 0. The number of ether oxygens (including phenoxy) is 2. The van der Waals surface area contributed by atoms with E-state index in [9.17, 15) is 19.0 Å². The number of phosphoric acid groups is 1. The van der Waals surface area contributed by atoms with Crippen molar-refractivity contribution in [3.8, 4) is 0 Å². The lowest BCUT2D eigenvalue weighted by Gasteiger charge is -2.24. The lowest BCUT2D eigenvalue weighted by Crippen LogP contribution is -2.37. The minimum atomic E-state index is -4.30. The van der Waals surface area contributed by atoms with Gasteiger partial charge in [-0.15, -0.1) is 0 Å². The normalized spacial score (nSPS) is 14.3. The van der Waals surface area contributed by atoms with Crippen LogP contribution in [0.3, 0.4) is 0 Å². The minimum Gasteiger partial charge on any atom is -0.492 e. The van der Waals surface area contributed by atoms with Gasteiger partial charge < -0.3 is 18.9 Å². The molecule has 0 spiro atoms. The minimum absolute atomic E-state index is 0.0660. The number of phosphoric ester groups is 1. The Morgan fingerprint density at radius 1 is 0.625 bits per heavy atom. The van der Waals surface area contributed by atoms with Gasteiger partial charge in [0.1, 0.15) is 19.8 Å². The van der Waals surface area contributed by atoms with Gasteiger partial charge in [-0.25, -0.2) is 4.57 Å². The van der Waals surface area contributed by atoms with Gasteiger partial charge in [0.05, 0.1) is 34.0 Å². The molecule has 0 saturated carbocycles. The Kier molecular flexibility index (Phi) is 36.3. The summed E-state index contributed by atoms with van der Waals surface area (Å²) in [6, 6.07) is 0. The maximum atomic E-state index is 12.5. The van der Waals surface area contributed by atoms with Crippen LogP contribution in [0.1, 0.15) is 155 Å². The largest absolute Gasteiger partial charge is 0.492 e. The number of carbonyl (C=O) groups excluding carboxylic acids is 2. The topological polar surface area (TPSA) is 108 Å². The molecule has 0 aromatic heterocycles. The fourth-order valence-corrected chi connectivity index (χ4v) is 6.04. The first-order chi connectivity index (χ1) is 27.0. The summed E-state index contributed by atoms with van der Waals surface area (Å²) in [4.78, 5) is 34.4. The first-order valence-electron chi connectivity index (χ1n) is 21.7. The van der Waals surface area contributed by atoms with E-state index < -0.39 is 13.9 Å². The van der Waals surface area contributed by atoms with Crippen LogP contribution in [-0.4, -0.2) is 74.7 Å². The van der Waals surface area contributed by atoms with Crippen LogP contribution in [0.15, 0.2) is 73.1 Å². The first-order valence-corrected chi connectivity index (χ1v) is 23.2. The number of allylic oxidation sites excluding steroid dienone is 11. The molecular weight excluding hydrogens is 725 g/mol. The van der Waals surface area contributed by atoms with Crippen molar-refractivity contribution in [2.24, 2.45) is 0 Å². The molecule has 0 heterocycles. The highest BCUT2D eigenvalue weighted by atomic mass is 31.2. The van der Waals surface area contributed by atoms with Crippen LogP contribution in [0, 0.1) is 0 Å². The monoisotopic (exact) mass is 807 g/mol. The van der Waals surface area contributed by atoms with Crippen molar-refractivity contribution in [1.29, 1.82) is 0 Å². The zero-order valence-corrected chi connectivity index (χ0v) is 37.0. The smallest absolute Gasteiger partial charge is 0.472 e. The molecule has 9 nitrogen and oxygen atoms in total. The summed E-state index contributed by atoms with van der Waals surface area (Å²) in [5, 5.41) is 0. The highest BCUT2D eigenvalue weighted by Crippen LogP contribution is 2.43. The number of esters is 1. The highest BCUT2D eigenvalue weighted by Gasteiger charge is 2.25. The lowest BCUT2D eigenvalue weighted by atomic mass is 10.1. The number of rotatable bonds is 39. The molecule has 0 radical (unpaired) electrons. The van der Waals surface area contributed by atoms with Crippen molar-refractivity contribution >= 4 is 19.6 Å². The van der Waals surface area contributed by atoms with Crippen molar-refractivity contribution in [2.45, 2.75) is 161 Å². The van der Waals surface area contributed by atoms with Gasteiger partial charge >= 0.3 is 13.8 Å². The summed E-state index contributed by atoms with van der Waals surface area (Å²) in [5.74, 6) is -0.178. The van der Waals surface area contributed by atoms with Crippen molar-refractivity contribution in [3.63, 3.8) is 0 Å². The van der Waals surface area contributed by atoms with Crippen LogP contribution >= 0.6 is 7.82 Å². The fourth-order valence-electron chi connectivity index (χ4n) is 5.30. The van der Waals surface area contributed by atoms with Gasteiger partial charge in [0, 0.05) is 12.8 Å². The molecule has 56 heavy (non-hydrogen) atoms. The van der Waals surface area contributed by atoms with E-state index in [-0.39, 0.29) is 38.0 Å². The lowest BCUT2D eigenvalue weighted by molar-refractivity contribution is -0.870. The summed E-state index contributed by atoms with van der Waals surface area (Å²) >= 11 is 0. The van der Waals surface area contributed by atoms with Gasteiger partial charge in [-0.3, -0.25) is 18.6 Å². The van der Waals surface area contributed by atoms with E-state index in [1.54, 1.807) is 12.3 Å². The van der Waals surface area contributed by atoms with Crippen LogP contribution in [-0.2, 0) is 32.7 Å². The molecule has 0 aromatic rings. The Bertz CT molecular complexity index is 1180. The molecule has 0 aliphatic rings. The molecule has 0 bridgehead atoms. The molecule has 10 heteroatoms. The third-order valence-electron chi connectivity index (χ3n) is 8.81. The van der Waals surface area contributed by atoms with E-state index in [4.69, 9.17) is 18.5 Å². The second kappa shape index (κ2) is 38.0. The van der Waals surface area contributed by atoms with Gasteiger partial charge in [-0.1, -0.05) is 126 Å². The quantitative estimate of drug-likeness (QED) is 0.00956. The second-order valence-corrected chi connectivity index (χ2v) is 16.9. The second-order valence-electron chi connectivity index (χ2n) is 15.5. The summed E-state index contributed by atoms with van der Waals surface area (Å²) in [6.07, 6.45) is 46.0. The van der Waals surface area contributed by atoms with E-state index in [0.29, 0.717) is 23.9 Å². The van der Waals surface area contributed by atoms with E-state index in [1.165, 1.54) is 57.8 Å². The van der Waals surface area contributed by atoms with E-state index >= 15 is 0 Å². The molecule has 0 rings (SSSR count). The van der Waals surface area contributed by atoms with Gasteiger partial charge in [-0.2, -0.15) is 0 Å². The Morgan fingerprint density at radius 2 is 1.18 bits per heavy atom. The SMILES string of the molecule is CCCCCCCC/C=C\CCCCCC/C=C/O[C@H](COC(=O)CCC/C=C\C/C=C\C/C=C\C=C\C(=O)CCCCC)COP(=O)(O)OCC[N+](C)(C)C. The van der Waals surface area contributed by atoms with Gasteiger partial charge in [0.2, 0.25) is 0 Å². The summed E-state index contributed by atoms with van der Waals surface area (Å²) in [6.45, 7) is 4.62. The average molecular weight is 807 g/mol. The van der Waals surface area contributed by atoms with Crippen LogP contribution in [0.25, 0.3) is 0 Å². The van der Waals surface area contributed by atoms with Crippen molar-refractivity contribution in [2.75, 3.05) is 47.5 Å². The first kappa shape index (κ1) is 53.5. The molecule has 2 atom stereocenters. The van der Waals surface area contributed by atoms with Gasteiger partial charge in [-0.05, 0) is 82.8 Å². The summed E-state index contributed by atoms with van der Waals surface area (Å²) in [7, 11) is 1.59. The Balaban J connectivity index is 4.47. The number of quaternary nitrogens is 1. The number of nitrogens with zero attached hydrogens (tertiary/aromatic N) is 1. The molecule has 1 N–H and O–H groups in total. The third-order valence-corrected chi connectivity index (χ3v) is 9.79. The molecule has 0 amide bonds. The van der Waals surface area contributed by atoms with Crippen LogP contribution in [0.5, 0.6) is 0 Å². The molecule has 1 unspecified atom stereocenters. The maximum Gasteiger partial charge on any atom is 0.472 e. The molecule has 0 aliphatic heterocycles. The molecular formula is C46H81NO8P+. The number of hydrogen-bond donors (Lipinski definition) is 1. The maximum absolute atomic E-state index is 12.5. The van der Waals surface area contributed by atoms with E-state index in [0.717, 1.165) is 64.2 Å². The number of ketones is 1. The standard InChI is InChI=1S/C46H80NO8P/c1-6-8-10-11-12-13-14-15-16-17-18-22-25-28-31-35-40-52-45(43-55-56(50,51)54-41-39-47(3,4)5)42-53-46(49)38-34-30-27-24-21-19-20-23-26-29-33-37-44(48)36-32-9-7-2/h15-16,19-20,24,26-27,29,33,35,37,40,45H,6-14,17-18,21-23,25,28,30-32,34,36,38-39,41-43H2,1-5H3/p+1/b16-15-,20-19-,27-24-,29-26-,37-33+,40-35+/t45-/m1/s1. The number of unbranched alkanes of at least 4 members (excludes halogenated alkanes) is 14. The highest BCUT2D eigenvalue weighted by molar-refractivity contribution is 7.47. The molecule has 0 aromatic carbocycles. The molecule has 0 saturated heterocycles. The van der Waals surface area contributed by atoms with Crippen LogP contribution < -0.4 is 0 Å². The average Bonchev–Trinajstić information content (AvgIpc) is 3.15. The molecule has 322 valence electrons. The van der Waals surface area contributed by atoms with Crippen molar-refractivity contribution in [3.05, 3.63) is 73.1 Å². The van der Waals surface area contributed by atoms with Crippen LogP contribution in [0.4, 0.5) is 0 Å². The Hall–Kier alpha value is -2.55. The van der Waals surface area contributed by atoms with E-state index in [1.807, 2.05) is 45.4 Å². The van der Waals surface area contributed by atoms with Gasteiger partial charge in [0.15, 0.2) is 11.9 Å². The van der Waals surface area contributed by atoms with Crippen molar-refractivity contribution < 1.29 is 42.1 Å². The Labute approximate surface area is 342 Å². The van der Waals surface area contributed by atoms with Crippen molar-refractivity contribution in [1.82, 2.24) is 0 Å². The van der Waals surface area contributed by atoms with Crippen LogP contribution in [0.2, 0.25) is 0 Å². The van der Waals surface area contributed by atoms with E-state index in [2.05, 4.69) is 50.3 Å². The predicted molar refractivity (Wildman–Crippen MR) is 233 cm³/mol. The molecule has 0 aliphatic carbocycles. The third kappa shape index (κ3) is 41.1. The predicted octanol–water partition coefficient (Wildman–Crippen LogP) is 12.2. The summed E-state index contributed by atoms with van der Waals surface area (Å²) < 4.78 is 34.6. The van der Waals surface area contributed by atoms with Gasteiger partial charge in [0.25, 0.3) is 0 Å². The number of likely N-dealkylation sites (N-methyl/N-ethyl adjacent to an activating group) is 1. The Morgan fingerprint density at radius 3 is 1.84 bits per heavy atom. The number of carbonyl (C=O) groups is 2. The number of hydrogen-bond acceptors (Lipinski definition) is 7. The zero-order chi connectivity index (χ0) is 41.4.